The van der Waals surface area contributed by atoms with Crippen LogP contribution in [-0.4, -0.2) is 39.5 Å². The first-order valence-electron chi connectivity index (χ1n) is 6.65. The molecule has 20 heavy (non-hydrogen) atoms. The molecule has 7 heteroatoms. The van der Waals surface area contributed by atoms with Crippen molar-refractivity contribution in [1.82, 2.24) is 9.88 Å². The van der Waals surface area contributed by atoms with E-state index in [0.29, 0.717) is 25.1 Å². The fourth-order valence-electron chi connectivity index (χ4n) is 2.44. The van der Waals surface area contributed by atoms with Crippen molar-refractivity contribution in [1.29, 1.82) is 0 Å². The van der Waals surface area contributed by atoms with Gasteiger partial charge in [0.15, 0.2) is 0 Å². The molecule has 2 heterocycles. The molecule has 1 fully saturated rings. The van der Waals surface area contributed by atoms with Crippen molar-refractivity contribution in [2.45, 2.75) is 38.8 Å². The van der Waals surface area contributed by atoms with Crippen LogP contribution in [0.25, 0.3) is 0 Å². The van der Waals surface area contributed by atoms with Crippen LogP contribution in [-0.2, 0) is 4.79 Å². The van der Waals surface area contributed by atoms with Crippen molar-refractivity contribution in [3.8, 4) is 0 Å². The molecule has 3 atom stereocenters. The van der Waals surface area contributed by atoms with Gasteiger partial charge in [0.1, 0.15) is 10.7 Å². The first-order chi connectivity index (χ1) is 9.40. The summed E-state index contributed by atoms with van der Waals surface area (Å²) < 4.78 is 0. The number of rotatable bonds is 3. The molecule has 2 rings (SSSR count). The Kier molecular flexibility index (Phi) is 4.39. The summed E-state index contributed by atoms with van der Waals surface area (Å²) in [6, 6.07) is -0.269. The highest BCUT2D eigenvalue weighted by molar-refractivity contribution is 7.09. The number of piperidine rings is 1. The van der Waals surface area contributed by atoms with Gasteiger partial charge < -0.3 is 15.7 Å². The average Bonchev–Trinajstić information content (AvgIpc) is 2.87. The highest BCUT2D eigenvalue weighted by atomic mass is 32.1. The maximum absolute atomic E-state index is 12.4. The summed E-state index contributed by atoms with van der Waals surface area (Å²) in [6.45, 7) is 4.17. The number of likely N-dealkylation sites (tertiary alicyclic amines) is 1. The van der Waals surface area contributed by atoms with E-state index in [2.05, 4.69) is 4.98 Å². The van der Waals surface area contributed by atoms with Gasteiger partial charge in [-0.3, -0.25) is 9.59 Å². The second-order valence-corrected chi connectivity index (χ2v) is 6.16. The van der Waals surface area contributed by atoms with Crippen molar-refractivity contribution < 1.29 is 14.7 Å². The van der Waals surface area contributed by atoms with E-state index in [4.69, 9.17) is 10.8 Å². The number of amides is 1. The minimum Gasteiger partial charge on any atom is -0.481 e. The first-order valence-corrected chi connectivity index (χ1v) is 7.53. The highest BCUT2D eigenvalue weighted by Gasteiger charge is 2.33. The normalized spacial score (nSPS) is 24.4. The van der Waals surface area contributed by atoms with E-state index in [1.165, 1.54) is 11.3 Å². The zero-order chi connectivity index (χ0) is 14.9. The molecule has 0 aromatic carbocycles. The molecule has 6 nitrogen and oxygen atoms in total. The van der Waals surface area contributed by atoms with E-state index in [-0.39, 0.29) is 23.9 Å². The molecule has 1 aromatic heterocycles. The number of hydrogen-bond acceptors (Lipinski definition) is 5. The summed E-state index contributed by atoms with van der Waals surface area (Å²) >= 11 is 1.38. The van der Waals surface area contributed by atoms with Crippen LogP contribution in [0.5, 0.6) is 0 Å². The largest absolute Gasteiger partial charge is 0.481 e. The molecular weight excluding hydrogens is 278 g/mol. The van der Waals surface area contributed by atoms with Crippen LogP contribution in [0.4, 0.5) is 0 Å². The molecule has 1 amide bonds. The van der Waals surface area contributed by atoms with Gasteiger partial charge in [-0.15, -0.1) is 11.3 Å². The fourth-order valence-corrected chi connectivity index (χ4v) is 3.19. The first kappa shape index (κ1) is 14.9. The summed E-state index contributed by atoms with van der Waals surface area (Å²) in [6.07, 6.45) is 0.987. The molecule has 110 valence electrons. The molecule has 3 unspecified atom stereocenters. The average molecular weight is 297 g/mol. The minimum absolute atomic E-state index is 0.0854. The van der Waals surface area contributed by atoms with Crippen molar-refractivity contribution >= 4 is 23.2 Å². The Labute approximate surface area is 121 Å². The number of nitrogens with zero attached hydrogens (tertiary/aromatic N) is 2. The number of hydrogen-bond donors (Lipinski definition) is 2. The van der Waals surface area contributed by atoms with Crippen LogP contribution in [0.15, 0.2) is 5.38 Å². The van der Waals surface area contributed by atoms with Crippen molar-refractivity contribution in [3.63, 3.8) is 0 Å². The number of carboxylic acids is 1. The lowest BCUT2D eigenvalue weighted by atomic mass is 9.91. The van der Waals surface area contributed by atoms with Gasteiger partial charge >= 0.3 is 5.97 Å². The van der Waals surface area contributed by atoms with Crippen molar-refractivity contribution in [3.05, 3.63) is 16.1 Å². The molecule has 1 aromatic rings. The summed E-state index contributed by atoms with van der Waals surface area (Å²) in [5.41, 5.74) is 6.15. The molecule has 3 N–H and O–H groups in total. The van der Waals surface area contributed by atoms with Gasteiger partial charge in [-0.25, -0.2) is 4.98 Å². The predicted molar refractivity (Wildman–Crippen MR) is 75.6 cm³/mol. The van der Waals surface area contributed by atoms with Crippen LogP contribution < -0.4 is 5.73 Å². The molecule has 1 saturated heterocycles. The molecule has 0 spiro atoms. The van der Waals surface area contributed by atoms with Gasteiger partial charge in [0.05, 0.1) is 12.0 Å². The lowest BCUT2D eigenvalue weighted by Crippen LogP contribution is -2.46. The third kappa shape index (κ3) is 2.99. The molecular formula is C13H19N3O3S. The predicted octanol–water partition coefficient (Wildman–Crippen LogP) is 1.49. The Morgan fingerprint density at radius 2 is 2.30 bits per heavy atom. The number of thiazole rings is 1. The van der Waals surface area contributed by atoms with Crippen LogP contribution in [0.2, 0.25) is 0 Å². The third-order valence-corrected chi connectivity index (χ3v) is 4.66. The smallest absolute Gasteiger partial charge is 0.306 e. The summed E-state index contributed by atoms with van der Waals surface area (Å²) in [5, 5.41) is 11.5. The molecule has 1 aliphatic rings. The fraction of sp³-hybridized carbons (Fsp3) is 0.615. The van der Waals surface area contributed by atoms with Gasteiger partial charge in [0.25, 0.3) is 5.91 Å². The Balaban J connectivity index is 2.07. The number of aromatic nitrogens is 1. The Bertz CT molecular complexity index is 515. The summed E-state index contributed by atoms with van der Waals surface area (Å²) in [4.78, 5) is 29.4. The SMILES string of the molecule is CC(N)c1nc(C(=O)N2CCC(C(=O)O)CC2C)cs1. The van der Waals surface area contributed by atoms with Gasteiger partial charge in [-0.1, -0.05) is 0 Å². The van der Waals surface area contributed by atoms with E-state index in [0.717, 1.165) is 5.01 Å². The van der Waals surface area contributed by atoms with Crippen molar-refractivity contribution in [2.75, 3.05) is 6.54 Å². The van der Waals surface area contributed by atoms with Crippen molar-refractivity contribution in [2.24, 2.45) is 11.7 Å². The highest BCUT2D eigenvalue weighted by Crippen LogP contribution is 2.25. The number of carbonyl (C=O) groups is 2. The number of carboxylic acid groups (broad SMARTS) is 1. The number of carbonyl (C=O) groups excluding carboxylic acids is 1. The topological polar surface area (TPSA) is 96.5 Å². The van der Waals surface area contributed by atoms with E-state index < -0.39 is 5.97 Å². The zero-order valence-corrected chi connectivity index (χ0v) is 12.4. The summed E-state index contributed by atoms with van der Waals surface area (Å²) in [5.74, 6) is -1.27. The van der Waals surface area contributed by atoms with E-state index in [1.54, 1.807) is 10.3 Å². The molecule has 0 saturated carbocycles. The van der Waals surface area contributed by atoms with E-state index in [1.807, 2.05) is 13.8 Å². The van der Waals surface area contributed by atoms with Crippen LogP contribution in [0, 0.1) is 5.92 Å². The standard InChI is InChI=1S/C13H19N3O3S/c1-7-5-9(13(18)19)3-4-16(7)12(17)10-6-20-11(15-10)8(2)14/h6-9H,3-5,14H2,1-2H3,(H,18,19). The molecule has 1 aliphatic heterocycles. The van der Waals surface area contributed by atoms with Crippen LogP contribution in [0.1, 0.15) is 48.2 Å². The van der Waals surface area contributed by atoms with Crippen LogP contribution >= 0.6 is 11.3 Å². The van der Waals surface area contributed by atoms with Gasteiger partial charge in [0.2, 0.25) is 0 Å². The number of aliphatic carboxylic acids is 1. The van der Waals surface area contributed by atoms with Gasteiger partial charge in [0, 0.05) is 18.0 Å². The monoisotopic (exact) mass is 297 g/mol. The summed E-state index contributed by atoms with van der Waals surface area (Å²) in [7, 11) is 0. The second-order valence-electron chi connectivity index (χ2n) is 5.27. The molecule has 0 aliphatic carbocycles. The van der Waals surface area contributed by atoms with Gasteiger partial charge in [-0.2, -0.15) is 0 Å². The Morgan fingerprint density at radius 3 is 2.80 bits per heavy atom. The Hall–Kier alpha value is -1.47. The molecule has 0 radical (unpaired) electrons. The Morgan fingerprint density at radius 1 is 1.60 bits per heavy atom. The quantitative estimate of drug-likeness (QED) is 0.881. The second kappa shape index (κ2) is 5.88. The maximum Gasteiger partial charge on any atom is 0.306 e. The zero-order valence-electron chi connectivity index (χ0n) is 11.6. The maximum atomic E-state index is 12.4. The molecule has 0 bridgehead atoms. The van der Waals surface area contributed by atoms with E-state index in [9.17, 15) is 9.59 Å². The van der Waals surface area contributed by atoms with Crippen LogP contribution in [0.3, 0.4) is 0 Å². The lowest BCUT2D eigenvalue weighted by Gasteiger charge is -2.35. The van der Waals surface area contributed by atoms with E-state index >= 15 is 0 Å². The number of nitrogens with two attached hydrogens (primary N) is 1. The lowest BCUT2D eigenvalue weighted by molar-refractivity contribution is -0.143. The van der Waals surface area contributed by atoms with Gasteiger partial charge in [-0.05, 0) is 26.7 Å². The minimum atomic E-state index is -0.781. The third-order valence-electron chi connectivity index (χ3n) is 3.62.